The maximum atomic E-state index is 12.9. The summed E-state index contributed by atoms with van der Waals surface area (Å²) in [6, 6.07) is 2.26. The third kappa shape index (κ3) is 5.44. The molecular formula is C21H37N3O2. The average Bonchev–Trinajstić information content (AvgIpc) is 2.30. The van der Waals surface area contributed by atoms with E-state index in [2.05, 4.69) is 72.1 Å². The molecule has 2 saturated heterocycles. The summed E-state index contributed by atoms with van der Waals surface area (Å²) in [4.78, 5) is 12.9. The first kappa shape index (κ1) is 21.2. The van der Waals surface area contributed by atoms with Crippen molar-refractivity contribution in [3.8, 4) is 6.07 Å². The molecule has 0 aromatic heterocycles. The largest absolute Gasteiger partial charge is 0.461 e. The molecule has 2 aliphatic rings. The van der Waals surface area contributed by atoms with Crippen LogP contribution in [0.1, 0.15) is 81.1 Å². The SMILES string of the molecule is CC1(C)CC(OC(=O)C(C#N)C2CC(C)(C)NC(C)(C)C2)CC(C)(C)N1. The van der Waals surface area contributed by atoms with Crippen molar-refractivity contribution in [2.45, 2.75) is 109 Å². The third-order valence-corrected chi connectivity index (χ3v) is 5.52. The first-order valence-corrected chi connectivity index (χ1v) is 9.83. The van der Waals surface area contributed by atoms with Gasteiger partial charge in [0.2, 0.25) is 0 Å². The van der Waals surface area contributed by atoms with Gasteiger partial charge in [-0.1, -0.05) is 0 Å². The lowest BCUT2D eigenvalue weighted by molar-refractivity contribution is -0.158. The van der Waals surface area contributed by atoms with E-state index in [1.807, 2.05) is 0 Å². The summed E-state index contributed by atoms with van der Waals surface area (Å²) in [7, 11) is 0. The second-order valence-electron chi connectivity index (χ2n) is 11.0. The molecule has 0 amide bonds. The van der Waals surface area contributed by atoms with Crippen molar-refractivity contribution in [2.24, 2.45) is 11.8 Å². The Labute approximate surface area is 159 Å². The molecule has 148 valence electrons. The number of esters is 1. The standard InChI is InChI=1S/C21H37N3O2/c1-18(2)9-14(10-19(3,4)23-18)16(13-22)17(25)26-15-11-20(5,6)24-21(7,8)12-15/h14-16,23-24H,9-12H2,1-8H3. The first-order valence-electron chi connectivity index (χ1n) is 9.83. The second kappa shape index (κ2) is 6.80. The van der Waals surface area contributed by atoms with Gasteiger partial charge >= 0.3 is 5.97 Å². The minimum absolute atomic E-state index is 0.0153. The fraction of sp³-hybridized carbons (Fsp3) is 0.905. The fourth-order valence-electron chi connectivity index (χ4n) is 5.54. The highest BCUT2D eigenvalue weighted by atomic mass is 16.5. The summed E-state index contributed by atoms with van der Waals surface area (Å²) in [5, 5.41) is 17.0. The minimum Gasteiger partial charge on any atom is -0.461 e. The summed E-state index contributed by atoms with van der Waals surface area (Å²) in [6.45, 7) is 17.1. The van der Waals surface area contributed by atoms with Crippen LogP contribution in [0.3, 0.4) is 0 Å². The lowest BCUT2D eigenvalue weighted by Crippen LogP contribution is -2.60. The monoisotopic (exact) mass is 363 g/mol. The van der Waals surface area contributed by atoms with Crippen LogP contribution in [0.4, 0.5) is 0 Å². The highest BCUT2D eigenvalue weighted by Gasteiger charge is 2.45. The Morgan fingerprint density at radius 3 is 1.65 bits per heavy atom. The van der Waals surface area contributed by atoms with Gasteiger partial charge in [-0.15, -0.1) is 0 Å². The molecule has 2 heterocycles. The Morgan fingerprint density at radius 1 is 0.885 bits per heavy atom. The molecule has 0 spiro atoms. The number of nitrogens with one attached hydrogen (secondary N) is 2. The number of hydrogen-bond acceptors (Lipinski definition) is 5. The van der Waals surface area contributed by atoms with E-state index in [4.69, 9.17) is 4.74 Å². The highest BCUT2D eigenvalue weighted by molar-refractivity contribution is 5.76. The molecule has 0 saturated carbocycles. The number of piperidine rings is 2. The maximum Gasteiger partial charge on any atom is 0.323 e. The summed E-state index contributed by atoms with van der Waals surface area (Å²) < 4.78 is 5.88. The molecule has 1 unspecified atom stereocenters. The number of ether oxygens (including phenoxy) is 1. The van der Waals surface area contributed by atoms with Crippen molar-refractivity contribution in [1.29, 1.82) is 5.26 Å². The van der Waals surface area contributed by atoms with Gasteiger partial charge in [-0.25, -0.2) is 0 Å². The van der Waals surface area contributed by atoms with E-state index in [-0.39, 0.29) is 40.1 Å². The molecule has 0 bridgehead atoms. The van der Waals surface area contributed by atoms with Crippen molar-refractivity contribution in [3.05, 3.63) is 0 Å². The van der Waals surface area contributed by atoms with Crippen LogP contribution in [0, 0.1) is 23.2 Å². The first-order chi connectivity index (χ1) is 11.6. The smallest absolute Gasteiger partial charge is 0.323 e. The van der Waals surface area contributed by atoms with E-state index in [0.29, 0.717) is 0 Å². The van der Waals surface area contributed by atoms with Crippen LogP contribution >= 0.6 is 0 Å². The summed E-state index contributed by atoms with van der Waals surface area (Å²) in [6.07, 6.45) is 2.99. The van der Waals surface area contributed by atoms with Gasteiger partial charge in [0.15, 0.2) is 0 Å². The van der Waals surface area contributed by atoms with Gasteiger partial charge in [-0.05, 0) is 74.1 Å². The Hall–Kier alpha value is -1.12. The van der Waals surface area contributed by atoms with Crippen LogP contribution in [0.25, 0.3) is 0 Å². The average molecular weight is 364 g/mol. The zero-order valence-electron chi connectivity index (χ0n) is 17.8. The zero-order chi connectivity index (χ0) is 20.0. The zero-order valence-corrected chi connectivity index (χ0v) is 17.8. The van der Waals surface area contributed by atoms with Crippen molar-refractivity contribution >= 4 is 5.97 Å². The van der Waals surface area contributed by atoms with Crippen molar-refractivity contribution in [2.75, 3.05) is 0 Å². The Kier molecular flexibility index (Phi) is 5.54. The predicted molar refractivity (Wildman–Crippen MR) is 104 cm³/mol. The van der Waals surface area contributed by atoms with Crippen LogP contribution in [0.15, 0.2) is 0 Å². The summed E-state index contributed by atoms with van der Waals surface area (Å²) in [5.74, 6) is -1.03. The molecule has 0 aliphatic carbocycles. The summed E-state index contributed by atoms with van der Waals surface area (Å²) >= 11 is 0. The van der Waals surface area contributed by atoms with Crippen LogP contribution in [0.5, 0.6) is 0 Å². The van der Waals surface area contributed by atoms with Gasteiger partial charge < -0.3 is 15.4 Å². The molecule has 0 radical (unpaired) electrons. The lowest BCUT2D eigenvalue weighted by atomic mass is 9.71. The Bertz CT molecular complexity index is 555. The molecule has 26 heavy (non-hydrogen) atoms. The van der Waals surface area contributed by atoms with Crippen molar-refractivity contribution < 1.29 is 9.53 Å². The van der Waals surface area contributed by atoms with Gasteiger partial charge in [0.25, 0.3) is 0 Å². The van der Waals surface area contributed by atoms with E-state index >= 15 is 0 Å². The van der Waals surface area contributed by atoms with Crippen LogP contribution in [-0.4, -0.2) is 34.2 Å². The number of rotatable bonds is 3. The third-order valence-electron chi connectivity index (χ3n) is 5.52. The van der Waals surface area contributed by atoms with Gasteiger partial charge in [-0.3, -0.25) is 4.79 Å². The van der Waals surface area contributed by atoms with Crippen LogP contribution in [-0.2, 0) is 9.53 Å². The molecule has 0 aromatic carbocycles. The molecule has 2 rings (SSSR count). The molecule has 2 fully saturated rings. The quantitative estimate of drug-likeness (QED) is 0.750. The van der Waals surface area contributed by atoms with Crippen molar-refractivity contribution in [1.82, 2.24) is 10.6 Å². The molecule has 2 N–H and O–H groups in total. The van der Waals surface area contributed by atoms with Gasteiger partial charge in [0.1, 0.15) is 12.0 Å². The van der Waals surface area contributed by atoms with Crippen LogP contribution in [0.2, 0.25) is 0 Å². The number of hydrogen-bond donors (Lipinski definition) is 2. The molecule has 0 aromatic rings. The van der Waals surface area contributed by atoms with E-state index in [0.717, 1.165) is 25.7 Å². The van der Waals surface area contributed by atoms with E-state index in [9.17, 15) is 10.1 Å². The number of carbonyl (C=O) groups is 1. The second-order valence-corrected chi connectivity index (χ2v) is 11.0. The highest BCUT2D eigenvalue weighted by Crippen LogP contribution is 2.38. The molecule has 2 aliphatic heterocycles. The minimum atomic E-state index is -0.697. The summed E-state index contributed by atoms with van der Waals surface area (Å²) in [5.41, 5.74) is -0.373. The lowest BCUT2D eigenvalue weighted by Gasteiger charge is -2.48. The normalized spacial score (nSPS) is 28.7. The Morgan fingerprint density at radius 2 is 1.27 bits per heavy atom. The molecule has 5 heteroatoms. The molecule has 5 nitrogen and oxygen atoms in total. The predicted octanol–water partition coefficient (Wildman–Crippen LogP) is 3.54. The molecule has 1 atom stereocenters. The fourth-order valence-corrected chi connectivity index (χ4v) is 5.54. The van der Waals surface area contributed by atoms with Gasteiger partial charge in [0.05, 0.1) is 6.07 Å². The van der Waals surface area contributed by atoms with E-state index in [1.54, 1.807) is 0 Å². The molecular weight excluding hydrogens is 326 g/mol. The van der Waals surface area contributed by atoms with Gasteiger partial charge in [-0.2, -0.15) is 5.26 Å². The van der Waals surface area contributed by atoms with Gasteiger partial charge in [0, 0.05) is 35.0 Å². The number of nitrogens with zero attached hydrogens (tertiary/aromatic N) is 1. The number of nitriles is 1. The van der Waals surface area contributed by atoms with Crippen molar-refractivity contribution in [3.63, 3.8) is 0 Å². The maximum absolute atomic E-state index is 12.9. The number of carbonyl (C=O) groups excluding carboxylic acids is 1. The topological polar surface area (TPSA) is 74.2 Å². The van der Waals surface area contributed by atoms with E-state index in [1.165, 1.54) is 0 Å². The van der Waals surface area contributed by atoms with E-state index < -0.39 is 5.92 Å². The van der Waals surface area contributed by atoms with Crippen LogP contribution < -0.4 is 10.6 Å². The Balaban J connectivity index is 2.10.